The van der Waals surface area contributed by atoms with Gasteiger partial charge in [-0.1, -0.05) is 30.4 Å². The molecule has 0 saturated carbocycles. The van der Waals surface area contributed by atoms with Gasteiger partial charge >= 0.3 is 5.69 Å². The first-order valence-corrected chi connectivity index (χ1v) is 5.23. The molecule has 2 aromatic rings. The van der Waals surface area contributed by atoms with Gasteiger partial charge in [-0.05, 0) is 11.6 Å². The summed E-state index contributed by atoms with van der Waals surface area (Å²) in [4.78, 5) is 14.0. The number of nitro groups is 1. The van der Waals surface area contributed by atoms with Gasteiger partial charge in [-0.15, -0.1) is 0 Å². The number of benzene rings is 1. The monoisotopic (exact) mass is 242 g/mol. The van der Waals surface area contributed by atoms with Gasteiger partial charge in [0.1, 0.15) is 0 Å². The third-order valence-electron chi connectivity index (χ3n) is 2.38. The minimum atomic E-state index is -0.614. The largest absolute Gasteiger partial charge is 0.502 e. The molecule has 0 radical (unpaired) electrons. The standard InChI is InChI=1S/C13H10N2O3/c16-13-11(4-1-5-12(13)15(17)18)7-6-10-3-2-8-14-9-10/h1-9,16H/b7-6+. The Balaban J connectivity index is 2.33. The van der Waals surface area contributed by atoms with Gasteiger partial charge < -0.3 is 5.11 Å². The van der Waals surface area contributed by atoms with Crippen LogP contribution in [-0.2, 0) is 0 Å². The lowest BCUT2D eigenvalue weighted by Gasteiger charge is -1.99. The van der Waals surface area contributed by atoms with E-state index in [0.29, 0.717) is 5.56 Å². The molecule has 1 N–H and O–H groups in total. The molecular weight excluding hydrogens is 232 g/mol. The van der Waals surface area contributed by atoms with E-state index in [1.165, 1.54) is 12.1 Å². The molecule has 1 heterocycles. The molecule has 5 nitrogen and oxygen atoms in total. The van der Waals surface area contributed by atoms with E-state index >= 15 is 0 Å². The van der Waals surface area contributed by atoms with E-state index in [2.05, 4.69) is 4.98 Å². The minimum absolute atomic E-state index is 0.302. The van der Waals surface area contributed by atoms with Crippen LogP contribution in [0.15, 0.2) is 42.7 Å². The highest BCUT2D eigenvalue weighted by molar-refractivity contribution is 5.74. The molecule has 0 unspecified atom stereocenters. The summed E-state index contributed by atoms with van der Waals surface area (Å²) in [5, 5.41) is 20.4. The Morgan fingerprint density at radius 2 is 2.06 bits per heavy atom. The zero-order valence-electron chi connectivity index (χ0n) is 9.35. The molecule has 1 aromatic heterocycles. The van der Waals surface area contributed by atoms with E-state index in [-0.39, 0.29) is 11.4 Å². The number of phenolic OH excluding ortho intramolecular Hbond substituents is 1. The van der Waals surface area contributed by atoms with Crippen LogP contribution in [0.25, 0.3) is 12.2 Å². The maximum Gasteiger partial charge on any atom is 0.311 e. The number of rotatable bonds is 3. The second-order valence-electron chi connectivity index (χ2n) is 3.59. The van der Waals surface area contributed by atoms with Crippen molar-refractivity contribution in [2.24, 2.45) is 0 Å². The topological polar surface area (TPSA) is 76.3 Å². The molecule has 0 aliphatic heterocycles. The van der Waals surface area contributed by atoms with Crippen LogP contribution >= 0.6 is 0 Å². The molecular formula is C13H10N2O3. The van der Waals surface area contributed by atoms with Gasteiger partial charge in [-0.3, -0.25) is 15.1 Å². The Bertz CT molecular complexity index is 594. The van der Waals surface area contributed by atoms with Crippen LogP contribution in [0.5, 0.6) is 5.75 Å². The minimum Gasteiger partial charge on any atom is -0.502 e. The number of hydrogen-bond acceptors (Lipinski definition) is 4. The third kappa shape index (κ3) is 2.52. The van der Waals surface area contributed by atoms with Crippen molar-refractivity contribution in [2.45, 2.75) is 0 Å². The summed E-state index contributed by atoms with van der Waals surface area (Å²) in [6.07, 6.45) is 6.65. The summed E-state index contributed by atoms with van der Waals surface area (Å²) in [6, 6.07) is 8.03. The third-order valence-corrected chi connectivity index (χ3v) is 2.38. The highest BCUT2D eigenvalue weighted by Gasteiger charge is 2.14. The summed E-state index contributed by atoms with van der Waals surface area (Å²) in [5.74, 6) is -0.331. The number of pyridine rings is 1. The van der Waals surface area contributed by atoms with Crippen molar-refractivity contribution >= 4 is 17.8 Å². The maximum absolute atomic E-state index is 10.7. The molecule has 5 heteroatoms. The van der Waals surface area contributed by atoms with Gasteiger partial charge in [0.05, 0.1) is 4.92 Å². The van der Waals surface area contributed by atoms with Crippen molar-refractivity contribution < 1.29 is 10.0 Å². The first-order valence-electron chi connectivity index (χ1n) is 5.23. The number of nitro benzene ring substituents is 1. The van der Waals surface area contributed by atoms with Crippen molar-refractivity contribution in [3.05, 3.63) is 64.0 Å². The smallest absolute Gasteiger partial charge is 0.311 e. The van der Waals surface area contributed by atoms with E-state index in [9.17, 15) is 15.2 Å². The molecule has 0 fully saturated rings. The molecule has 1 aromatic carbocycles. The van der Waals surface area contributed by atoms with Gasteiger partial charge in [0.2, 0.25) is 5.75 Å². The zero-order valence-corrected chi connectivity index (χ0v) is 9.35. The number of aromatic hydroxyl groups is 1. The number of hydrogen-bond donors (Lipinski definition) is 1. The van der Waals surface area contributed by atoms with Crippen molar-refractivity contribution in [3.8, 4) is 5.75 Å². The number of nitrogens with zero attached hydrogens (tertiary/aromatic N) is 2. The second-order valence-corrected chi connectivity index (χ2v) is 3.59. The summed E-state index contributed by atoms with van der Waals surface area (Å²) in [7, 11) is 0. The van der Waals surface area contributed by atoms with E-state index < -0.39 is 4.92 Å². The van der Waals surface area contributed by atoms with Gasteiger partial charge in [-0.2, -0.15) is 0 Å². The Kier molecular flexibility index (Phi) is 3.33. The Hall–Kier alpha value is -2.69. The lowest BCUT2D eigenvalue weighted by atomic mass is 10.1. The molecule has 0 aliphatic rings. The fourth-order valence-electron chi connectivity index (χ4n) is 1.49. The van der Waals surface area contributed by atoms with Crippen LogP contribution in [0, 0.1) is 10.1 Å². The van der Waals surface area contributed by atoms with Gasteiger partial charge in [0.15, 0.2) is 0 Å². The first kappa shape index (κ1) is 11.8. The second kappa shape index (κ2) is 5.09. The SMILES string of the molecule is O=[N+]([O-])c1cccc(/C=C/c2cccnc2)c1O. The summed E-state index contributed by atoms with van der Waals surface area (Å²) in [6.45, 7) is 0. The predicted molar refractivity (Wildman–Crippen MR) is 67.9 cm³/mol. The van der Waals surface area contributed by atoms with Crippen LogP contribution in [0.2, 0.25) is 0 Å². The average molecular weight is 242 g/mol. The Labute approximate surface area is 103 Å². The van der Waals surface area contributed by atoms with E-state index in [0.717, 1.165) is 5.56 Å². The quantitative estimate of drug-likeness (QED) is 0.663. The fourth-order valence-corrected chi connectivity index (χ4v) is 1.49. The molecule has 0 bridgehead atoms. The fraction of sp³-hybridized carbons (Fsp3) is 0. The van der Waals surface area contributed by atoms with Crippen molar-refractivity contribution in [2.75, 3.05) is 0 Å². The van der Waals surface area contributed by atoms with Crippen LogP contribution < -0.4 is 0 Å². The summed E-state index contributed by atoms with van der Waals surface area (Å²) < 4.78 is 0. The maximum atomic E-state index is 10.7. The molecule has 0 atom stereocenters. The number of phenols is 1. The average Bonchev–Trinajstić information content (AvgIpc) is 2.38. The highest BCUT2D eigenvalue weighted by Crippen LogP contribution is 2.30. The van der Waals surface area contributed by atoms with Gasteiger partial charge in [-0.25, -0.2) is 0 Å². The van der Waals surface area contributed by atoms with Gasteiger partial charge in [0, 0.05) is 24.0 Å². The Morgan fingerprint density at radius 1 is 1.22 bits per heavy atom. The lowest BCUT2D eigenvalue weighted by Crippen LogP contribution is -1.89. The number of aromatic nitrogens is 1. The van der Waals surface area contributed by atoms with Crippen molar-refractivity contribution in [1.29, 1.82) is 0 Å². The summed E-state index contributed by atoms with van der Waals surface area (Å²) in [5.41, 5.74) is 0.944. The molecule has 2 rings (SSSR count). The number of para-hydroxylation sites is 1. The van der Waals surface area contributed by atoms with E-state index in [1.807, 2.05) is 6.07 Å². The lowest BCUT2D eigenvalue weighted by molar-refractivity contribution is -0.385. The van der Waals surface area contributed by atoms with Crippen LogP contribution in [-0.4, -0.2) is 15.0 Å². The van der Waals surface area contributed by atoms with Crippen molar-refractivity contribution in [3.63, 3.8) is 0 Å². The normalized spacial score (nSPS) is 10.7. The summed E-state index contributed by atoms with van der Waals surface area (Å²) >= 11 is 0. The van der Waals surface area contributed by atoms with Crippen LogP contribution in [0.4, 0.5) is 5.69 Å². The molecule has 0 saturated heterocycles. The predicted octanol–water partition coefficient (Wildman–Crippen LogP) is 2.87. The van der Waals surface area contributed by atoms with Crippen LogP contribution in [0.1, 0.15) is 11.1 Å². The molecule has 0 spiro atoms. The van der Waals surface area contributed by atoms with Gasteiger partial charge in [0.25, 0.3) is 0 Å². The zero-order chi connectivity index (χ0) is 13.0. The molecule has 18 heavy (non-hydrogen) atoms. The van der Waals surface area contributed by atoms with E-state index in [4.69, 9.17) is 0 Å². The van der Waals surface area contributed by atoms with E-state index in [1.54, 1.807) is 36.7 Å². The Morgan fingerprint density at radius 3 is 2.72 bits per heavy atom. The highest BCUT2D eigenvalue weighted by atomic mass is 16.6. The molecule has 0 amide bonds. The van der Waals surface area contributed by atoms with Crippen molar-refractivity contribution in [1.82, 2.24) is 4.98 Å². The molecule has 90 valence electrons. The molecule has 0 aliphatic carbocycles. The van der Waals surface area contributed by atoms with Crippen LogP contribution in [0.3, 0.4) is 0 Å². The first-order chi connectivity index (χ1) is 8.68.